The molecular formula is C15H22O2S. The Kier molecular flexibility index (Phi) is 4.55. The summed E-state index contributed by atoms with van der Waals surface area (Å²) >= 11 is 1.69. The highest BCUT2D eigenvalue weighted by molar-refractivity contribution is 8.05. The minimum atomic E-state index is -0.429. The molecule has 0 spiro atoms. The molecule has 1 fully saturated rings. The van der Waals surface area contributed by atoms with E-state index in [9.17, 15) is 4.79 Å². The van der Waals surface area contributed by atoms with E-state index in [1.54, 1.807) is 11.8 Å². The molecule has 2 rings (SSSR count). The Hall–Kier alpha value is -0.700. The Morgan fingerprint density at radius 1 is 1.50 bits per heavy atom. The van der Waals surface area contributed by atoms with Crippen LogP contribution >= 0.6 is 11.8 Å². The van der Waals surface area contributed by atoms with E-state index in [1.165, 1.54) is 17.7 Å². The van der Waals surface area contributed by atoms with Gasteiger partial charge in [0.15, 0.2) is 0 Å². The van der Waals surface area contributed by atoms with Gasteiger partial charge in [0.2, 0.25) is 0 Å². The monoisotopic (exact) mass is 266 g/mol. The number of carbonyl (C=O) groups excluding carboxylic acids is 1. The molecule has 0 amide bonds. The third kappa shape index (κ3) is 2.51. The van der Waals surface area contributed by atoms with Crippen LogP contribution in [0.5, 0.6) is 0 Å². The number of allylic oxidation sites excluding steroid dienone is 2. The fraction of sp³-hybridized carbons (Fsp3) is 0.667. The van der Waals surface area contributed by atoms with E-state index < -0.39 is 5.41 Å². The van der Waals surface area contributed by atoms with Crippen molar-refractivity contribution in [2.75, 3.05) is 6.61 Å². The van der Waals surface area contributed by atoms with Crippen molar-refractivity contribution in [3.05, 3.63) is 22.5 Å². The van der Waals surface area contributed by atoms with Gasteiger partial charge in [0.25, 0.3) is 0 Å². The van der Waals surface area contributed by atoms with Crippen LogP contribution < -0.4 is 0 Å². The van der Waals surface area contributed by atoms with Crippen LogP contribution in [0.4, 0.5) is 0 Å². The van der Waals surface area contributed by atoms with Gasteiger partial charge in [0.05, 0.1) is 12.0 Å². The largest absolute Gasteiger partial charge is 0.465 e. The third-order valence-electron chi connectivity index (χ3n) is 4.11. The Labute approximate surface area is 114 Å². The lowest BCUT2D eigenvalue weighted by atomic mass is 9.75. The Balaban J connectivity index is 2.26. The molecule has 1 saturated carbocycles. The Morgan fingerprint density at radius 3 is 2.78 bits per heavy atom. The summed E-state index contributed by atoms with van der Waals surface area (Å²) < 4.78 is 5.36. The van der Waals surface area contributed by atoms with E-state index in [4.69, 9.17) is 4.74 Å². The van der Waals surface area contributed by atoms with E-state index in [0.29, 0.717) is 12.5 Å². The molecule has 1 aliphatic heterocycles. The van der Waals surface area contributed by atoms with Crippen molar-refractivity contribution in [1.82, 2.24) is 0 Å². The van der Waals surface area contributed by atoms with Crippen LogP contribution in [0.3, 0.4) is 0 Å². The lowest BCUT2D eigenvalue weighted by molar-refractivity contribution is -0.154. The topological polar surface area (TPSA) is 26.3 Å². The van der Waals surface area contributed by atoms with E-state index in [1.807, 2.05) is 6.92 Å². The molecule has 1 unspecified atom stereocenters. The molecule has 1 heterocycles. The normalized spacial score (nSPS) is 23.6. The first-order valence-corrected chi connectivity index (χ1v) is 7.77. The molecule has 0 N–H and O–H groups in total. The standard InChI is InChI=1S/C15H22O2S/c1-3-17-14(16)15(2,12-8-4-5-9-12)13-10-6-7-11-18-13/h7,10-12H,3-6,8-9H2,1-2H3. The van der Waals surface area contributed by atoms with Gasteiger partial charge in [-0.3, -0.25) is 4.79 Å². The highest BCUT2D eigenvalue weighted by Gasteiger charge is 2.46. The van der Waals surface area contributed by atoms with Crippen molar-refractivity contribution in [2.45, 2.75) is 46.0 Å². The predicted molar refractivity (Wildman–Crippen MR) is 76.1 cm³/mol. The van der Waals surface area contributed by atoms with E-state index in [0.717, 1.165) is 19.3 Å². The van der Waals surface area contributed by atoms with Crippen molar-refractivity contribution in [3.63, 3.8) is 0 Å². The van der Waals surface area contributed by atoms with Crippen molar-refractivity contribution in [3.8, 4) is 0 Å². The molecule has 0 saturated heterocycles. The van der Waals surface area contributed by atoms with E-state index in [2.05, 4.69) is 24.5 Å². The summed E-state index contributed by atoms with van der Waals surface area (Å²) in [6.45, 7) is 4.43. The van der Waals surface area contributed by atoms with Crippen LogP contribution in [0.1, 0.15) is 46.0 Å². The second-order valence-corrected chi connectivity index (χ2v) is 6.15. The molecule has 2 nitrogen and oxygen atoms in total. The van der Waals surface area contributed by atoms with Gasteiger partial charge >= 0.3 is 5.97 Å². The summed E-state index contributed by atoms with van der Waals surface area (Å²) in [6.07, 6.45) is 10.0. The molecule has 2 aliphatic rings. The SMILES string of the molecule is CCOC(=O)C(C)(C1=CCC=CS1)C1CCCC1. The van der Waals surface area contributed by atoms with Crippen molar-refractivity contribution in [1.29, 1.82) is 0 Å². The summed E-state index contributed by atoms with van der Waals surface area (Å²) in [7, 11) is 0. The van der Waals surface area contributed by atoms with Crippen LogP contribution in [0.25, 0.3) is 0 Å². The molecule has 0 radical (unpaired) electrons. The van der Waals surface area contributed by atoms with Gasteiger partial charge in [0, 0.05) is 4.91 Å². The first-order valence-electron chi connectivity index (χ1n) is 6.89. The third-order valence-corrected chi connectivity index (χ3v) is 5.29. The first-order chi connectivity index (χ1) is 8.69. The number of rotatable bonds is 4. The van der Waals surface area contributed by atoms with Crippen molar-refractivity contribution < 1.29 is 9.53 Å². The first kappa shape index (κ1) is 13.7. The number of hydrogen-bond donors (Lipinski definition) is 0. The van der Waals surface area contributed by atoms with Gasteiger partial charge in [0.1, 0.15) is 0 Å². The average molecular weight is 266 g/mol. The predicted octanol–water partition coefficient (Wildman–Crippen LogP) is 4.28. The number of ether oxygens (including phenoxy) is 1. The van der Waals surface area contributed by atoms with Crippen LogP contribution in [0.2, 0.25) is 0 Å². The zero-order chi connectivity index (χ0) is 13.0. The van der Waals surface area contributed by atoms with Gasteiger partial charge in [-0.25, -0.2) is 0 Å². The summed E-state index contributed by atoms with van der Waals surface area (Å²) in [4.78, 5) is 13.6. The molecule has 18 heavy (non-hydrogen) atoms. The molecular weight excluding hydrogens is 244 g/mol. The van der Waals surface area contributed by atoms with Crippen LogP contribution in [-0.4, -0.2) is 12.6 Å². The highest BCUT2D eigenvalue weighted by Crippen LogP contribution is 2.50. The second kappa shape index (κ2) is 5.96. The van der Waals surface area contributed by atoms with E-state index >= 15 is 0 Å². The number of thioether (sulfide) groups is 1. The number of esters is 1. The van der Waals surface area contributed by atoms with E-state index in [-0.39, 0.29) is 5.97 Å². The molecule has 0 bridgehead atoms. The molecule has 1 atom stereocenters. The average Bonchev–Trinajstić information content (AvgIpc) is 2.93. The Morgan fingerprint density at radius 2 is 2.22 bits per heavy atom. The maximum atomic E-state index is 12.5. The van der Waals surface area contributed by atoms with Gasteiger partial charge in [-0.05, 0) is 44.4 Å². The number of carbonyl (C=O) groups is 1. The van der Waals surface area contributed by atoms with Crippen LogP contribution in [-0.2, 0) is 9.53 Å². The maximum absolute atomic E-state index is 12.5. The van der Waals surface area contributed by atoms with Gasteiger partial charge in [-0.2, -0.15) is 0 Å². The zero-order valence-electron chi connectivity index (χ0n) is 11.3. The van der Waals surface area contributed by atoms with Gasteiger partial charge < -0.3 is 4.74 Å². The molecule has 0 aromatic carbocycles. The minimum absolute atomic E-state index is 0.0362. The quantitative estimate of drug-likeness (QED) is 0.710. The van der Waals surface area contributed by atoms with Crippen molar-refractivity contribution in [2.24, 2.45) is 11.3 Å². The molecule has 1 aliphatic carbocycles. The summed E-state index contributed by atoms with van der Waals surface area (Å²) in [5.41, 5.74) is -0.429. The molecule has 0 aromatic rings. The van der Waals surface area contributed by atoms with Crippen molar-refractivity contribution >= 4 is 17.7 Å². The second-order valence-electron chi connectivity index (χ2n) is 5.20. The molecule has 3 heteroatoms. The summed E-state index contributed by atoms with van der Waals surface area (Å²) in [6, 6.07) is 0. The minimum Gasteiger partial charge on any atom is -0.465 e. The Bertz CT molecular complexity index is 367. The van der Waals surface area contributed by atoms with Gasteiger partial charge in [-0.1, -0.05) is 25.0 Å². The molecule has 100 valence electrons. The fourth-order valence-electron chi connectivity index (χ4n) is 2.99. The fourth-order valence-corrected chi connectivity index (χ4v) is 4.03. The van der Waals surface area contributed by atoms with Crippen LogP contribution in [0, 0.1) is 11.3 Å². The maximum Gasteiger partial charge on any atom is 0.317 e. The lowest BCUT2D eigenvalue weighted by Crippen LogP contribution is -2.37. The summed E-state index contributed by atoms with van der Waals surface area (Å²) in [5.74, 6) is 0.410. The highest BCUT2D eigenvalue weighted by atomic mass is 32.2. The number of hydrogen-bond acceptors (Lipinski definition) is 3. The zero-order valence-corrected chi connectivity index (χ0v) is 12.1. The van der Waals surface area contributed by atoms with Crippen LogP contribution in [0.15, 0.2) is 22.5 Å². The smallest absolute Gasteiger partial charge is 0.317 e. The van der Waals surface area contributed by atoms with Gasteiger partial charge in [-0.15, -0.1) is 11.8 Å². The lowest BCUT2D eigenvalue weighted by Gasteiger charge is -2.35. The molecule has 0 aromatic heterocycles. The summed E-state index contributed by atoms with van der Waals surface area (Å²) in [5, 5.41) is 2.10.